The summed E-state index contributed by atoms with van der Waals surface area (Å²) in [5.74, 6) is -0.314. The van der Waals surface area contributed by atoms with Crippen molar-refractivity contribution in [3.63, 3.8) is 0 Å². The van der Waals surface area contributed by atoms with Crippen molar-refractivity contribution in [2.75, 3.05) is 13.2 Å². The number of nitrogens with one attached hydrogen (secondary N) is 1. The maximum Gasteiger partial charge on any atom is 0.416 e. The van der Waals surface area contributed by atoms with Crippen molar-refractivity contribution >= 4 is 5.91 Å². The van der Waals surface area contributed by atoms with Crippen LogP contribution in [0, 0.1) is 0 Å². The maximum absolute atomic E-state index is 12.6. The number of hydrogen-bond acceptors (Lipinski definition) is 4. The summed E-state index contributed by atoms with van der Waals surface area (Å²) >= 11 is 0. The van der Waals surface area contributed by atoms with Crippen molar-refractivity contribution in [1.82, 2.24) is 5.32 Å². The highest BCUT2D eigenvalue weighted by Crippen LogP contribution is 2.31. The molecule has 0 fully saturated rings. The molecule has 1 aromatic heterocycles. The van der Waals surface area contributed by atoms with Crippen molar-refractivity contribution in [2.45, 2.75) is 12.2 Å². The lowest BCUT2D eigenvalue weighted by molar-refractivity contribution is -0.137. The molecule has 0 saturated heterocycles. The Hall–Kier alpha value is -2.48. The van der Waals surface area contributed by atoms with Crippen LogP contribution in [0.4, 0.5) is 13.2 Å². The highest BCUT2D eigenvalue weighted by Gasteiger charge is 2.30. The lowest BCUT2D eigenvalue weighted by Gasteiger charge is -2.14. The standard InChI is InChI=1S/C15H14F3NO4/c16-15(17,18)10-3-1-4-11(7-10)23-9-14(21)19-12(8-20)13-5-2-6-22-13/h1-7,12,20H,8-9H2,(H,19,21). The first-order valence-corrected chi connectivity index (χ1v) is 6.64. The average Bonchev–Trinajstić information content (AvgIpc) is 3.04. The Morgan fingerprint density at radius 3 is 2.70 bits per heavy atom. The van der Waals surface area contributed by atoms with Gasteiger partial charge in [0.1, 0.15) is 17.6 Å². The number of hydrogen-bond donors (Lipinski definition) is 2. The molecule has 0 spiro atoms. The van der Waals surface area contributed by atoms with Crippen LogP contribution < -0.4 is 10.1 Å². The summed E-state index contributed by atoms with van der Waals surface area (Å²) in [5, 5.41) is 11.7. The minimum atomic E-state index is -4.48. The number of carbonyl (C=O) groups excluding carboxylic acids is 1. The molecule has 2 N–H and O–H groups in total. The number of benzene rings is 1. The number of halogens is 3. The zero-order valence-electron chi connectivity index (χ0n) is 11.8. The summed E-state index contributed by atoms with van der Waals surface area (Å²) in [6, 6.07) is 6.66. The van der Waals surface area contributed by atoms with E-state index >= 15 is 0 Å². The van der Waals surface area contributed by atoms with Crippen LogP contribution in [-0.2, 0) is 11.0 Å². The van der Waals surface area contributed by atoms with Crippen LogP contribution in [0.2, 0.25) is 0 Å². The second-order valence-electron chi connectivity index (χ2n) is 4.63. The van der Waals surface area contributed by atoms with E-state index in [1.165, 1.54) is 18.4 Å². The minimum absolute atomic E-state index is 0.0754. The molecule has 124 valence electrons. The number of ether oxygens (including phenoxy) is 1. The van der Waals surface area contributed by atoms with E-state index in [2.05, 4.69) is 5.32 Å². The van der Waals surface area contributed by atoms with Crippen LogP contribution in [0.3, 0.4) is 0 Å². The van der Waals surface area contributed by atoms with E-state index in [0.717, 1.165) is 12.1 Å². The van der Waals surface area contributed by atoms with Gasteiger partial charge >= 0.3 is 6.18 Å². The minimum Gasteiger partial charge on any atom is -0.484 e. The number of aliphatic hydroxyl groups is 1. The van der Waals surface area contributed by atoms with Gasteiger partial charge in [-0.3, -0.25) is 4.79 Å². The molecule has 1 heterocycles. The van der Waals surface area contributed by atoms with E-state index in [9.17, 15) is 23.1 Å². The van der Waals surface area contributed by atoms with Gasteiger partial charge in [-0.25, -0.2) is 0 Å². The molecular weight excluding hydrogens is 315 g/mol. The van der Waals surface area contributed by atoms with Gasteiger partial charge in [0.25, 0.3) is 5.91 Å². The second-order valence-corrected chi connectivity index (χ2v) is 4.63. The largest absolute Gasteiger partial charge is 0.484 e. The fourth-order valence-electron chi connectivity index (χ4n) is 1.84. The van der Waals surface area contributed by atoms with Crippen LogP contribution >= 0.6 is 0 Å². The lowest BCUT2D eigenvalue weighted by Crippen LogP contribution is -2.34. The lowest BCUT2D eigenvalue weighted by atomic mass is 10.2. The number of aliphatic hydroxyl groups excluding tert-OH is 1. The Bertz CT molecular complexity index is 640. The summed E-state index contributed by atoms with van der Waals surface area (Å²) in [5.41, 5.74) is -0.862. The summed E-state index contributed by atoms with van der Waals surface area (Å²) in [7, 11) is 0. The Morgan fingerprint density at radius 2 is 2.09 bits per heavy atom. The van der Waals surface area contributed by atoms with E-state index in [-0.39, 0.29) is 12.4 Å². The molecule has 5 nitrogen and oxygen atoms in total. The number of carbonyl (C=O) groups is 1. The number of alkyl halides is 3. The van der Waals surface area contributed by atoms with Crippen molar-refractivity contribution in [1.29, 1.82) is 0 Å². The molecule has 0 aliphatic carbocycles. The van der Waals surface area contributed by atoms with Crippen molar-refractivity contribution in [3.05, 3.63) is 54.0 Å². The first kappa shape index (κ1) is 16.9. The fraction of sp³-hybridized carbons (Fsp3) is 0.267. The number of amides is 1. The molecule has 1 unspecified atom stereocenters. The van der Waals surface area contributed by atoms with Gasteiger partial charge in [0.15, 0.2) is 6.61 Å². The molecule has 2 rings (SSSR count). The summed E-state index contributed by atoms with van der Waals surface area (Å²) < 4.78 is 47.8. The molecule has 0 saturated carbocycles. The predicted octanol–water partition coefficient (Wildman–Crippen LogP) is 2.53. The summed E-state index contributed by atoms with van der Waals surface area (Å²) in [4.78, 5) is 11.8. The van der Waals surface area contributed by atoms with Crippen molar-refractivity contribution < 1.29 is 32.2 Å². The predicted molar refractivity (Wildman–Crippen MR) is 73.6 cm³/mol. The van der Waals surface area contributed by atoms with Gasteiger partial charge < -0.3 is 19.6 Å². The third-order valence-corrected chi connectivity index (χ3v) is 2.94. The quantitative estimate of drug-likeness (QED) is 0.854. The Labute approximate surface area is 129 Å². The van der Waals surface area contributed by atoms with Gasteiger partial charge in [0.2, 0.25) is 0 Å². The van der Waals surface area contributed by atoms with E-state index in [1.807, 2.05) is 0 Å². The first-order chi connectivity index (χ1) is 10.9. The topological polar surface area (TPSA) is 71.7 Å². The van der Waals surface area contributed by atoms with Crippen LogP contribution in [0.5, 0.6) is 5.75 Å². The van der Waals surface area contributed by atoms with Crippen LogP contribution in [0.25, 0.3) is 0 Å². The highest BCUT2D eigenvalue weighted by atomic mass is 19.4. The maximum atomic E-state index is 12.6. The average molecular weight is 329 g/mol. The van der Waals surface area contributed by atoms with Gasteiger partial charge in [0.05, 0.1) is 18.4 Å². The van der Waals surface area contributed by atoms with Crippen LogP contribution in [0.1, 0.15) is 17.4 Å². The summed E-state index contributed by atoms with van der Waals surface area (Å²) in [6.45, 7) is -0.874. The van der Waals surface area contributed by atoms with Gasteiger partial charge in [-0.05, 0) is 30.3 Å². The number of rotatable bonds is 6. The smallest absolute Gasteiger partial charge is 0.416 e. The molecule has 2 aromatic rings. The number of furan rings is 1. The monoisotopic (exact) mass is 329 g/mol. The fourth-order valence-corrected chi connectivity index (χ4v) is 1.84. The third-order valence-electron chi connectivity index (χ3n) is 2.94. The zero-order valence-corrected chi connectivity index (χ0v) is 11.8. The van der Waals surface area contributed by atoms with Crippen molar-refractivity contribution in [3.8, 4) is 5.75 Å². The van der Waals surface area contributed by atoms with E-state index in [4.69, 9.17) is 9.15 Å². The SMILES string of the molecule is O=C(COc1cccc(C(F)(F)F)c1)NC(CO)c1ccco1. The zero-order chi connectivity index (χ0) is 16.9. The van der Waals surface area contributed by atoms with Gasteiger partial charge in [-0.15, -0.1) is 0 Å². The van der Waals surface area contributed by atoms with Crippen LogP contribution in [0.15, 0.2) is 47.1 Å². The third kappa shape index (κ3) is 4.75. The van der Waals surface area contributed by atoms with Gasteiger partial charge in [-0.2, -0.15) is 13.2 Å². The van der Waals surface area contributed by atoms with Crippen molar-refractivity contribution in [2.24, 2.45) is 0 Å². The molecule has 0 aliphatic heterocycles. The Balaban J connectivity index is 1.92. The van der Waals surface area contributed by atoms with Crippen LogP contribution in [-0.4, -0.2) is 24.2 Å². The molecule has 1 aromatic carbocycles. The first-order valence-electron chi connectivity index (χ1n) is 6.64. The summed E-state index contributed by atoms with van der Waals surface area (Å²) in [6.07, 6.45) is -3.09. The molecule has 1 atom stereocenters. The van der Waals surface area contributed by atoms with Gasteiger partial charge in [0, 0.05) is 0 Å². The molecule has 0 aliphatic rings. The molecule has 8 heteroatoms. The van der Waals surface area contributed by atoms with Gasteiger partial charge in [-0.1, -0.05) is 6.07 Å². The Morgan fingerprint density at radius 1 is 1.30 bits per heavy atom. The Kier molecular flexibility index (Phi) is 5.28. The molecule has 23 heavy (non-hydrogen) atoms. The molecule has 0 radical (unpaired) electrons. The van der Waals surface area contributed by atoms with E-state index < -0.39 is 30.3 Å². The highest BCUT2D eigenvalue weighted by molar-refractivity contribution is 5.78. The molecular formula is C15H14F3NO4. The normalized spacial score (nSPS) is 12.7. The second kappa shape index (κ2) is 7.19. The van der Waals surface area contributed by atoms with E-state index in [0.29, 0.717) is 5.76 Å². The molecule has 1 amide bonds. The molecule has 0 bridgehead atoms. The van der Waals surface area contributed by atoms with E-state index in [1.54, 1.807) is 12.1 Å².